The third-order valence-corrected chi connectivity index (χ3v) is 4.25. The van der Waals surface area contributed by atoms with Gasteiger partial charge in [-0.25, -0.2) is 12.7 Å². The van der Waals surface area contributed by atoms with Crippen LogP contribution >= 0.6 is 0 Å². The van der Waals surface area contributed by atoms with Crippen LogP contribution in [0.15, 0.2) is 29.2 Å². The summed E-state index contributed by atoms with van der Waals surface area (Å²) >= 11 is 0. The number of para-hydroxylation sites is 1. The Bertz CT molecular complexity index is 504. The summed E-state index contributed by atoms with van der Waals surface area (Å²) in [5, 5.41) is 3.08. The van der Waals surface area contributed by atoms with Crippen LogP contribution in [0.2, 0.25) is 0 Å². The van der Waals surface area contributed by atoms with Crippen molar-refractivity contribution >= 4 is 15.7 Å². The van der Waals surface area contributed by atoms with E-state index in [1.165, 1.54) is 18.4 Å². The molecule has 1 aromatic carbocycles. The van der Waals surface area contributed by atoms with Crippen molar-refractivity contribution in [3.8, 4) is 0 Å². The maximum absolute atomic E-state index is 12.1. The first-order valence-electron chi connectivity index (χ1n) is 5.69. The van der Waals surface area contributed by atoms with Gasteiger partial charge in [0.15, 0.2) is 0 Å². The molecule has 0 heterocycles. The van der Waals surface area contributed by atoms with Crippen LogP contribution in [0.4, 0.5) is 5.69 Å². The number of nitrogens with zero attached hydrogens (tertiary/aromatic N) is 1. The van der Waals surface area contributed by atoms with Gasteiger partial charge < -0.3 is 11.1 Å². The minimum absolute atomic E-state index is 0.263. The van der Waals surface area contributed by atoms with E-state index in [-0.39, 0.29) is 4.90 Å². The topological polar surface area (TPSA) is 75.4 Å². The monoisotopic (exact) mass is 271 g/mol. The van der Waals surface area contributed by atoms with Crippen LogP contribution in [0.25, 0.3) is 0 Å². The normalized spacial score (nSPS) is 12.8. The van der Waals surface area contributed by atoms with E-state index in [1.807, 2.05) is 13.8 Å². The first-order chi connectivity index (χ1) is 8.14. The minimum atomic E-state index is -3.45. The quantitative estimate of drug-likeness (QED) is 0.840. The first kappa shape index (κ1) is 14.9. The van der Waals surface area contributed by atoms with E-state index in [0.717, 1.165) is 0 Å². The summed E-state index contributed by atoms with van der Waals surface area (Å²) in [5.41, 5.74) is 6.05. The highest BCUT2D eigenvalue weighted by molar-refractivity contribution is 7.89. The molecule has 0 unspecified atom stereocenters. The van der Waals surface area contributed by atoms with Gasteiger partial charge in [0.05, 0.1) is 5.69 Å². The zero-order valence-electron chi connectivity index (χ0n) is 11.3. The summed E-state index contributed by atoms with van der Waals surface area (Å²) in [4.78, 5) is 0.263. The van der Waals surface area contributed by atoms with Crippen molar-refractivity contribution in [1.82, 2.24) is 4.31 Å². The van der Waals surface area contributed by atoms with Gasteiger partial charge in [-0.15, -0.1) is 0 Å². The number of hydrogen-bond donors (Lipinski definition) is 2. The standard InChI is InChI=1S/C12H21N3O2S/c1-12(2,13)9-14-10-7-5-6-8-11(10)18(16,17)15(3)4/h5-8,14H,9,13H2,1-4H3. The SMILES string of the molecule is CN(C)S(=O)(=O)c1ccccc1NCC(C)(C)N. The summed E-state index contributed by atoms with van der Waals surface area (Å²) in [6, 6.07) is 6.82. The van der Waals surface area contributed by atoms with Crippen LogP contribution in [0.1, 0.15) is 13.8 Å². The molecule has 0 saturated carbocycles. The Balaban J connectivity index is 3.08. The fraction of sp³-hybridized carbons (Fsp3) is 0.500. The Kier molecular flexibility index (Phi) is 4.37. The molecule has 0 bridgehead atoms. The van der Waals surface area contributed by atoms with Crippen molar-refractivity contribution in [3.05, 3.63) is 24.3 Å². The van der Waals surface area contributed by atoms with E-state index < -0.39 is 15.6 Å². The molecule has 0 aliphatic heterocycles. The summed E-state index contributed by atoms with van der Waals surface area (Å²) in [5.74, 6) is 0. The summed E-state index contributed by atoms with van der Waals surface area (Å²) in [6.45, 7) is 4.25. The average Bonchev–Trinajstić information content (AvgIpc) is 2.25. The van der Waals surface area contributed by atoms with E-state index in [0.29, 0.717) is 12.2 Å². The number of hydrogen-bond acceptors (Lipinski definition) is 4. The third kappa shape index (κ3) is 3.69. The molecule has 102 valence electrons. The van der Waals surface area contributed by atoms with Crippen molar-refractivity contribution in [1.29, 1.82) is 0 Å². The van der Waals surface area contributed by atoms with Gasteiger partial charge in [0.25, 0.3) is 0 Å². The predicted molar refractivity (Wildman–Crippen MR) is 74.1 cm³/mol. The molecular weight excluding hydrogens is 250 g/mol. The Labute approximate surface area is 109 Å². The number of anilines is 1. The Morgan fingerprint density at radius 3 is 2.33 bits per heavy atom. The van der Waals surface area contributed by atoms with Crippen LogP contribution in [0.5, 0.6) is 0 Å². The first-order valence-corrected chi connectivity index (χ1v) is 7.13. The highest BCUT2D eigenvalue weighted by Gasteiger charge is 2.21. The highest BCUT2D eigenvalue weighted by Crippen LogP contribution is 2.23. The molecule has 0 aliphatic rings. The molecule has 0 spiro atoms. The van der Waals surface area contributed by atoms with E-state index >= 15 is 0 Å². The zero-order chi connectivity index (χ0) is 14.0. The highest BCUT2D eigenvalue weighted by atomic mass is 32.2. The molecule has 0 saturated heterocycles. The molecule has 6 heteroatoms. The maximum Gasteiger partial charge on any atom is 0.244 e. The number of rotatable bonds is 5. The third-order valence-electron chi connectivity index (χ3n) is 2.38. The lowest BCUT2D eigenvalue weighted by Crippen LogP contribution is -2.40. The largest absolute Gasteiger partial charge is 0.382 e. The van der Waals surface area contributed by atoms with Gasteiger partial charge in [0.2, 0.25) is 10.0 Å². The summed E-state index contributed by atoms with van der Waals surface area (Å²) in [7, 11) is -0.419. The number of sulfonamides is 1. The van der Waals surface area contributed by atoms with Crippen LogP contribution in [0.3, 0.4) is 0 Å². The molecule has 0 aliphatic carbocycles. The number of nitrogens with one attached hydrogen (secondary N) is 1. The van der Waals surface area contributed by atoms with Crippen LogP contribution < -0.4 is 11.1 Å². The molecule has 5 nitrogen and oxygen atoms in total. The van der Waals surface area contributed by atoms with Crippen molar-refractivity contribution in [2.75, 3.05) is 26.0 Å². The van der Waals surface area contributed by atoms with E-state index in [1.54, 1.807) is 24.3 Å². The van der Waals surface area contributed by atoms with Crippen molar-refractivity contribution in [3.63, 3.8) is 0 Å². The molecule has 1 aromatic rings. The molecule has 1 rings (SSSR count). The molecule has 18 heavy (non-hydrogen) atoms. The van der Waals surface area contributed by atoms with E-state index in [2.05, 4.69) is 5.32 Å². The fourth-order valence-electron chi connectivity index (χ4n) is 1.36. The number of benzene rings is 1. The lowest BCUT2D eigenvalue weighted by molar-refractivity contribution is 0.520. The predicted octanol–water partition coefficient (Wildman–Crippen LogP) is 1.09. The van der Waals surface area contributed by atoms with Crippen molar-refractivity contribution < 1.29 is 8.42 Å². The van der Waals surface area contributed by atoms with Gasteiger partial charge >= 0.3 is 0 Å². The Morgan fingerprint density at radius 2 is 1.83 bits per heavy atom. The summed E-state index contributed by atoms with van der Waals surface area (Å²) in [6.07, 6.45) is 0. The van der Waals surface area contributed by atoms with Gasteiger partial charge in [0.1, 0.15) is 4.90 Å². The fourth-order valence-corrected chi connectivity index (χ4v) is 2.42. The van der Waals surface area contributed by atoms with Crippen LogP contribution in [0, 0.1) is 0 Å². The second kappa shape index (κ2) is 5.26. The van der Waals surface area contributed by atoms with Crippen molar-refractivity contribution in [2.24, 2.45) is 5.73 Å². The lowest BCUT2D eigenvalue weighted by Gasteiger charge is -2.22. The summed E-state index contributed by atoms with van der Waals surface area (Å²) < 4.78 is 25.5. The van der Waals surface area contributed by atoms with Gasteiger partial charge in [-0.05, 0) is 26.0 Å². The minimum Gasteiger partial charge on any atom is -0.382 e. The van der Waals surface area contributed by atoms with Crippen LogP contribution in [-0.2, 0) is 10.0 Å². The molecule has 0 fully saturated rings. The molecule has 3 N–H and O–H groups in total. The van der Waals surface area contributed by atoms with Gasteiger partial charge in [0, 0.05) is 26.2 Å². The number of nitrogens with two attached hydrogens (primary N) is 1. The van der Waals surface area contributed by atoms with Gasteiger partial charge in [-0.2, -0.15) is 0 Å². The maximum atomic E-state index is 12.1. The smallest absolute Gasteiger partial charge is 0.244 e. The van der Waals surface area contributed by atoms with Crippen LogP contribution in [-0.4, -0.2) is 38.9 Å². The molecule has 0 radical (unpaired) electrons. The van der Waals surface area contributed by atoms with Gasteiger partial charge in [-0.1, -0.05) is 12.1 Å². The van der Waals surface area contributed by atoms with Gasteiger partial charge in [-0.3, -0.25) is 0 Å². The zero-order valence-corrected chi connectivity index (χ0v) is 12.1. The van der Waals surface area contributed by atoms with E-state index in [4.69, 9.17) is 5.73 Å². The molecule has 0 amide bonds. The average molecular weight is 271 g/mol. The Hall–Kier alpha value is -1.11. The molecule has 0 atom stereocenters. The molecule has 0 aromatic heterocycles. The molecular formula is C12H21N3O2S. The van der Waals surface area contributed by atoms with Crippen molar-refractivity contribution in [2.45, 2.75) is 24.3 Å². The second-order valence-electron chi connectivity index (χ2n) is 5.13. The second-order valence-corrected chi connectivity index (χ2v) is 7.25. The van der Waals surface area contributed by atoms with E-state index in [9.17, 15) is 8.42 Å². The Morgan fingerprint density at radius 1 is 1.28 bits per heavy atom. The lowest BCUT2D eigenvalue weighted by atomic mass is 10.1.